The van der Waals surface area contributed by atoms with Crippen molar-refractivity contribution in [1.82, 2.24) is 14.7 Å². The zero-order valence-corrected chi connectivity index (χ0v) is 12.2. The highest BCUT2D eigenvalue weighted by atomic mass is 32.1. The average molecular weight is 265 g/mol. The van der Waals surface area contributed by atoms with Crippen LogP contribution in [0.25, 0.3) is 4.96 Å². The topological polar surface area (TPSA) is 29.3 Å². The van der Waals surface area contributed by atoms with Crippen LogP contribution >= 0.6 is 11.3 Å². The van der Waals surface area contributed by atoms with Crippen LogP contribution in [0.2, 0.25) is 0 Å². The number of thiazole rings is 1. The first-order valence-electron chi connectivity index (χ1n) is 6.94. The summed E-state index contributed by atoms with van der Waals surface area (Å²) in [5.74, 6) is 0. The molecule has 2 aromatic rings. The Kier molecular flexibility index (Phi) is 5.20. The summed E-state index contributed by atoms with van der Waals surface area (Å²) in [7, 11) is 0. The molecule has 1 unspecified atom stereocenters. The number of nitrogens with zero attached hydrogens (tertiary/aromatic N) is 2. The van der Waals surface area contributed by atoms with E-state index in [-0.39, 0.29) is 0 Å². The molecule has 0 bridgehead atoms. The maximum absolute atomic E-state index is 4.57. The molecule has 0 saturated heterocycles. The lowest BCUT2D eigenvalue weighted by Gasteiger charge is -2.12. The molecule has 0 aromatic carbocycles. The smallest absolute Gasteiger partial charge is 0.193 e. The number of hydrogen-bond donors (Lipinski definition) is 1. The van der Waals surface area contributed by atoms with Gasteiger partial charge in [0.25, 0.3) is 0 Å². The Morgan fingerprint density at radius 2 is 2.28 bits per heavy atom. The Labute approximate surface area is 113 Å². The van der Waals surface area contributed by atoms with E-state index in [2.05, 4.69) is 46.3 Å². The summed E-state index contributed by atoms with van der Waals surface area (Å²) in [5.41, 5.74) is 1.14. The van der Waals surface area contributed by atoms with E-state index in [9.17, 15) is 0 Å². The number of rotatable bonds is 8. The quantitative estimate of drug-likeness (QED) is 0.735. The van der Waals surface area contributed by atoms with E-state index in [1.807, 2.05) is 0 Å². The van der Waals surface area contributed by atoms with E-state index >= 15 is 0 Å². The molecule has 100 valence electrons. The van der Waals surface area contributed by atoms with Crippen LogP contribution in [-0.4, -0.2) is 15.4 Å². The van der Waals surface area contributed by atoms with E-state index in [0.29, 0.717) is 6.04 Å². The number of hydrogen-bond acceptors (Lipinski definition) is 3. The first-order valence-corrected chi connectivity index (χ1v) is 7.82. The minimum absolute atomic E-state index is 0.585. The lowest BCUT2D eigenvalue weighted by Crippen LogP contribution is -2.25. The maximum atomic E-state index is 4.57. The lowest BCUT2D eigenvalue weighted by molar-refractivity contribution is 0.480. The fraction of sp³-hybridized carbons (Fsp3) is 0.643. The second-order valence-electron chi connectivity index (χ2n) is 4.96. The molecule has 1 N–H and O–H groups in total. The van der Waals surface area contributed by atoms with Gasteiger partial charge in [0, 0.05) is 30.4 Å². The van der Waals surface area contributed by atoms with Crippen molar-refractivity contribution < 1.29 is 0 Å². The zero-order valence-electron chi connectivity index (χ0n) is 11.4. The number of imidazole rings is 1. The average Bonchev–Trinajstić information content (AvgIpc) is 2.92. The van der Waals surface area contributed by atoms with E-state index in [4.69, 9.17) is 0 Å². The molecule has 2 aromatic heterocycles. The van der Waals surface area contributed by atoms with Gasteiger partial charge in [0.05, 0.1) is 5.69 Å². The minimum Gasteiger partial charge on any atom is -0.309 e. The first-order chi connectivity index (χ1) is 8.79. The van der Waals surface area contributed by atoms with Gasteiger partial charge in [0.1, 0.15) is 0 Å². The molecule has 0 saturated carbocycles. The molecule has 2 rings (SSSR count). The largest absolute Gasteiger partial charge is 0.309 e. The third kappa shape index (κ3) is 3.82. The second kappa shape index (κ2) is 6.90. The summed E-state index contributed by atoms with van der Waals surface area (Å²) in [4.78, 5) is 5.66. The maximum Gasteiger partial charge on any atom is 0.193 e. The van der Waals surface area contributed by atoms with Crippen molar-refractivity contribution in [2.75, 3.05) is 0 Å². The molecule has 0 aliphatic rings. The van der Waals surface area contributed by atoms with Gasteiger partial charge in [-0.15, -0.1) is 11.3 Å². The molecule has 0 amide bonds. The van der Waals surface area contributed by atoms with Crippen molar-refractivity contribution in [1.29, 1.82) is 0 Å². The van der Waals surface area contributed by atoms with E-state index in [1.165, 1.54) is 32.1 Å². The number of nitrogens with one attached hydrogen (secondary N) is 1. The summed E-state index contributed by atoms with van der Waals surface area (Å²) in [6.45, 7) is 5.40. The monoisotopic (exact) mass is 265 g/mol. The van der Waals surface area contributed by atoms with Gasteiger partial charge >= 0.3 is 0 Å². The fourth-order valence-corrected chi connectivity index (χ4v) is 2.84. The highest BCUT2D eigenvalue weighted by molar-refractivity contribution is 7.15. The van der Waals surface area contributed by atoms with Gasteiger partial charge in [-0.3, -0.25) is 4.40 Å². The van der Waals surface area contributed by atoms with Crippen molar-refractivity contribution >= 4 is 16.3 Å². The van der Waals surface area contributed by atoms with Gasteiger partial charge in [-0.2, -0.15) is 0 Å². The summed E-state index contributed by atoms with van der Waals surface area (Å²) in [6, 6.07) is 0.585. The molecule has 4 heteroatoms. The van der Waals surface area contributed by atoms with E-state index in [1.54, 1.807) is 11.3 Å². The van der Waals surface area contributed by atoms with Crippen molar-refractivity contribution in [2.24, 2.45) is 0 Å². The lowest BCUT2D eigenvalue weighted by atomic mass is 10.1. The van der Waals surface area contributed by atoms with Gasteiger partial charge in [0.2, 0.25) is 0 Å². The van der Waals surface area contributed by atoms with Gasteiger partial charge < -0.3 is 5.32 Å². The standard InChI is InChI=1S/C14H23N3S/c1-3-4-5-6-7-12(2)15-10-13-11-17-8-9-18-14(17)16-13/h8-9,11-12,15H,3-7,10H2,1-2H3. The Morgan fingerprint density at radius 1 is 1.39 bits per heavy atom. The molecule has 0 spiro atoms. The normalized spacial score (nSPS) is 13.2. The predicted octanol–water partition coefficient (Wildman–Crippen LogP) is 3.84. The van der Waals surface area contributed by atoms with Crippen LogP contribution < -0.4 is 5.32 Å². The van der Waals surface area contributed by atoms with Crippen LogP contribution in [0.4, 0.5) is 0 Å². The number of fused-ring (bicyclic) bond motifs is 1. The fourth-order valence-electron chi connectivity index (χ4n) is 2.12. The van der Waals surface area contributed by atoms with Crippen molar-refractivity contribution in [3.63, 3.8) is 0 Å². The molecule has 0 fully saturated rings. The van der Waals surface area contributed by atoms with E-state index < -0.39 is 0 Å². The van der Waals surface area contributed by atoms with Gasteiger partial charge in [-0.25, -0.2) is 4.98 Å². The minimum atomic E-state index is 0.585. The van der Waals surface area contributed by atoms with Crippen LogP contribution in [0.3, 0.4) is 0 Å². The molecular weight excluding hydrogens is 242 g/mol. The van der Waals surface area contributed by atoms with Crippen LogP contribution in [0.5, 0.6) is 0 Å². The third-order valence-corrected chi connectivity index (χ3v) is 4.04. The Morgan fingerprint density at radius 3 is 3.06 bits per heavy atom. The molecule has 0 radical (unpaired) electrons. The SMILES string of the molecule is CCCCCCC(C)NCc1cn2ccsc2n1. The van der Waals surface area contributed by atoms with Crippen LogP contribution in [0.1, 0.15) is 51.6 Å². The molecule has 0 aliphatic heterocycles. The highest BCUT2D eigenvalue weighted by Crippen LogP contribution is 2.11. The Balaban J connectivity index is 1.69. The van der Waals surface area contributed by atoms with E-state index in [0.717, 1.165) is 17.2 Å². The summed E-state index contributed by atoms with van der Waals surface area (Å²) >= 11 is 1.69. The van der Waals surface area contributed by atoms with Crippen LogP contribution in [0.15, 0.2) is 17.8 Å². The van der Waals surface area contributed by atoms with Crippen LogP contribution in [0, 0.1) is 0 Å². The summed E-state index contributed by atoms with van der Waals surface area (Å²) in [5, 5.41) is 5.62. The van der Waals surface area contributed by atoms with Gasteiger partial charge in [-0.05, 0) is 13.3 Å². The number of aromatic nitrogens is 2. The predicted molar refractivity (Wildman–Crippen MR) is 78.1 cm³/mol. The Bertz CT molecular complexity index is 432. The molecule has 3 nitrogen and oxygen atoms in total. The molecule has 0 aliphatic carbocycles. The van der Waals surface area contributed by atoms with Crippen LogP contribution in [-0.2, 0) is 6.54 Å². The van der Waals surface area contributed by atoms with Crippen molar-refractivity contribution in [3.05, 3.63) is 23.5 Å². The summed E-state index contributed by atoms with van der Waals surface area (Å²) < 4.78 is 2.09. The van der Waals surface area contributed by atoms with Gasteiger partial charge in [-0.1, -0.05) is 32.6 Å². The molecule has 2 heterocycles. The number of unbranched alkanes of at least 4 members (excludes halogenated alkanes) is 3. The zero-order chi connectivity index (χ0) is 12.8. The van der Waals surface area contributed by atoms with Crippen molar-refractivity contribution in [3.8, 4) is 0 Å². The Hall–Kier alpha value is -0.870. The van der Waals surface area contributed by atoms with Gasteiger partial charge in [0.15, 0.2) is 4.96 Å². The summed E-state index contributed by atoms with van der Waals surface area (Å²) in [6.07, 6.45) is 10.8. The van der Waals surface area contributed by atoms with Crippen molar-refractivity contribution in [2.45, 2.75) is 58.5 Å². The highest BCUT2D eigenvalue weighted by Gasteiger charge is 2.05. The first kappa shape index (κ1) is 13.6. The molecular formula is C14H23N3S. The third-order valence-electron chi connectivity index (χ3n) is 3.27. The second-order valence-corrected chi connectivity index (χ2v) is 5.83. The molecule has 18 heavy (non-hydrogen) atoms. The molecule has 1 atom stereocenters.